The van der Waals surface area contributed by atoms with Crippen molar-refractivity contribution in [3.8, 4) is 17.3 Å². The Morgan fingerprint density at radius 2 is 1.49 bits per heavy atom. The van der Waals surface area contributed by atoms with E-state index in [4.69, 9.17) is 9.84 Å². The lowest BCUT2D eigenvalue weighted by Gasteiger charge is -2.38. The SMILES string of the molecule is Cc1nn(-c2ccccn2)c(C)c1N1CCN(C(=O)C2c3ccccc3Oc3ccccc32)CC1. The number of piperazine rings is 1. The molecule has 2 aromatic heterocycles. The van der Waals surface area contributed by atoms with E-state index in [0.717, 1.165) is 58.6 Å². The van der Waals surface area contributed by atoms with Crippen molar-refractivity contribution in [2.45, 2.75) is 19.8 Å². The Hall–Kier alpha value is -4.13. The van der Waals surface area contributed by atoms with Crippen LogP contribution >= 0.6 is 0 Å². The van der Waals surface area contributed by atoms with Crippen molar-refractivity contribution in [2.24, 2.45) is 0 Å². The van der Waals surface area contributed by atoms with Crippen LogP contribution in [0.2, 0.25) is 0 Å². The summed E-state index contributed by atoms with van der Waals surface area (Å²) in [5, 5.41) is 4.75. The van der Waals surface area contributed by atoms with Crippen LogP contribution in [0.4, 0.5) is 5.69 Å². The molecule has 0 spiro atoms. The highest BCUT2D eigenvalue weighted by atomic mass is 16.5. The minimum atomic E-state index is -0.349. The molecule has 2 aliphatic heterocycles. The Morgan fingerprint density at radius 1 is 0.857 bits per heavy atom. The fourth-order valence-corrected chi connectivity index (χ4v) is 5.30. The number of carbonyl (C=O) groups excluding carboxylic acids is 1. The van der Waals surface area contributed by atoms with Gasteiger partial charge in [0.15, 0.2) is 5.82 Å². The van der Waals surface area contributed by atoms with Crippen LogP contribution in [0, 0.1) is 13.8 Å². The molecule has 7 nitrogen and oxygen atoms in total. The molecular formula is C28H27N5O2. The van der Waals surface area contributed by atoms with E-state index in [9.17, 15) is 4.79 Å². The van der Waals surface area contributed by atoms with Crippen LogP contribution in [0.15, 0.2) is 72.9 Å². The maximum atomic E-state index is 13.9. The molecule has 0 radical (unpaired) electrons. The lowest BCUT2D eigenvalue weighted by Crippen LogP contribution is -2.50. The predicted molar refractivity (Wildman–Crippen MR) is 134 cm³/mol. The van der Waals surface area contributed by atoms with Gasteiger partial charge in [-0.25, -0.2) is 9.67 Å². The molecule has 176 valence electrons. The van der Waals surface area contributed by atoms with Crippen molar-refractivity contribution in [3.63, 3.8) is 0 Å². The molecule has 0 atom stereocenters. The Morgan fingerprint density at radius 3 is 2.11 bits per heavy atom. The van der Waals surface area contributed by atoms with Crippen molar-refractivity contribution in [2.75, 3.05) is 31.1 Å². The van der Waals surface area contributed by atoms with E-state index in [1.807, 2.05) is 83.2 Å². The van der Waals surface area contributed by atoms with Crippen molar-refractivity contribution >= 4 is 11.6 Å². The molecule has 0 aliphatic carbocycles. The summed E-state index contributed by atoms with van der Waals surface area (Å²) in [6, 6.07) is 21.6. The molecule has 0 bridgehead atoms. The van der Waals surface area contributed by atoms with Crippen LogP contribution in [0.3, 0.4) is 0 Å². The molecular weight excluding hydrogens is 438 g/mol. The number of fused-ring (bicyclic) bond motifs is 2. The summed E-state index contributed by atoms with van der Waals surface area (Å²) < 4.78 is 7.99. The summed E-state index contributed by atoms with van der Waals surface area (Å²) in [7, 11) is 0. The van der Waals surface area contributed by atoms with Gasteiger partial charge in [0.2, 0.25) is 5.91 Å². The van der Waals surface area contributed by atoms with Gasteiger partial charge in [-0.2, -0.15) is 5.10 Å². The number of pyridine rings is 1. The van der Waals surface area contributed by atoms with Gasteiger partial charge >= 0.3 is 0 Å². The van der Waals surface area contributed by atoms with Gasteiger partial charge in [0.1, 0.15) is 11.5 Å². The third-order valence-corrected chi connectivity index (χ3v) is 6.95. The zero-order valence-corrected chi connectivity index (χ0v) is 19.9. The van der Waals surface area contributed by atoms with Crippen molar-refractivity contribution in [3.05, 3.63) is 95.4 Å². The van der Waals surface area contributed by atoms with E-state index in [2.05, 4.69) is 16.8 Å². The van der Waals surface area contributed by atoms with Gasteiger partial charge < -0.3 is 14.5 Å². The fourth-order valence-electron chi connectivity index (χ4n) is 5.30. The maximum Gasteiger partial charge on any atom is 0.234 e. The molecule has 35 heavy (non-hydrogen) atoms. The lowest BCUT2D eigenvalue weighted by molar-refractivity contribution is -0.132. The summed E-state index contributed by atoms with van der Waals surface area (Å²) >= 11 is 0. The Labute approximate surface area is 204 Å². The van der Waals surface area contributed by atoms with E-state index >= 15 is 0 Å². The highest BCUT2D eigenvalue weighted by Gasteiger charge is 2.36. The minimum Gasteiger partial charge on any atom is -0.457 e. The summed E-state index contributed by atoms with van der Waals surface area (Å²) in [4.78, 5) is 22.7. The number of benzene rings is 2. The standard InChI is InChI=1S/C28H27N5O2/c1-19-27(20(2)33(30-19)25-13-7-8-14-29-25)31-15-17-32(18-16-31)28(34)26-21-9-3-5-11-23(21)35-24-12-6-4-10-22(24)26/h3-14,26H,15-18H2,1-2H3. The number of anilines is 1. The number of ether oxygens (including phenoxy) is 1. The molecule has 0 unspecified atom stereocenters. The van der Waals surface area contributed by atoms with E-state index < -0.39 is 0 Å². The number of carbonyl (C=O) groups is 1. The van der Waals surface area contributed by atoms with Gasteiger partial charge in [0.25, 0.3) is 0 Å². The lowest BCUT2D eigenvalue weighted by atomic mass is 9.86. The Balaban J connectivity index is 1.24. The van der Waals surface area contributed by atoms with E-state index in [1.54, 1.807) is 6.20 Å². The first-order chi connectivity index (χ1) is 17.1. The quantitative estimate of drug-likeness (QED) is 0.447. The first-order valence-corrected chi connectivity index (χ1v) is 12.0. The van der Waals surface area contributed by atoms with E-state index in [-0.39, 0.29) is 11.8 Å². The third kappa shape index (κ3) is 3.64. The number of hydrogen-bond donors (Lipinski definition) is 0. The number of hydrogen-bond acceptors (Lipinski definition) is 5. The average molecular weight is 466 g/mol. The van der Waals surface area contributed by atoms with Crippen LogP contribution in [-0.4, -0.2) is 51.8 Å². The average Bonchev–Trinajstić information content (AvgIpc) is 3.21. The highest BCUT2D eigenvalue weighted by Crippen LogP contribution is 2.44. The molecule has 0 saturated carbocycles. The minimum absolute atomic E-state index is 0.130. The predicted octanol–water partition coefficient (Wildman–Crippen LogP) is 4.47. The summed E-state index contributed by atoms with van der Waals surface area (Å²) in [5.41, 5.74) is 5.03. The Kier molecular flexibility index (Phi) is 5.25. The van der Waals surface area contributed by atoms with Gasteiger partial charge in [-0.15, -0.1) is 0 Å². The van der Waals surface area contributed by atoms with Gasteiger partial charge in [-0.05, 0) is 38.1 Å². The zero-order valence-electron chi connectivity index (χ0n) is 19.9. The van der Waals surface area contributed by atoms with Crippen LogP contribution in [0.25, 0.3) is 5.82 Å². The van der Waals surface area contributed by atoms with Crippen molar-refractivity contribution in [1.82, 2.24) is 19.7 Å². The number of amides is 1. The molecule has 2 aliphatic rings. The number of aromatic nitrogens is 3. The molecule has 0 N–H and O–H groups in total. The third-order valence-electron chi connectivity index (χ3n) is 6.95. The van der Waals surface area contributed by atoms with Gasteiger partial charge in [0.05, 0.1) is 23.0 Å². The summed E-state index contributed by atoms with van der Waals surface area (Å²) in [6.07, 6.45) is 1.78. The maximum absolute atomic E-state index is 13.9. The summed E-state index contributed by atoms with van der Waals surface area (Å²) in [6.45, 7) is 6.96. The molecule has 1 saturated heterocycles. The molecule has 7 heteroatoms. The summed E-state index contributed by atoms with van der Waals surface area (Å²) in [5.74, 6) is 2.11. The second kappa shape index (κ2) is 8.58. The smallest absolute Gasteiger partial charge is 0.234 e. The highest BCUT2D eigenvalue weighted by molar-refractivity contribution is 5.90. The topological polar surface area (TPSA) is 63.5 Å². The van der Waals surface area contributed by atoms with Crippen LogP contribution < -0.4 is 9.64 Å². The first-order valence-electron chi connectivity index (χ1n) is 12.0. The zero-order chi connectivity index (χ0) is 23.9. The van der Waals surface area contributed by atoms with Crippen molar-refractivity contribution in [1.29, 1.82) is 0 Å². The van der Waals surface area contributed by atoms with Crippen molar-refractivity contribution < 1.29 is 9.53 Å². The molecule has 2 aromatic carbocycles. The molecule has 1 fully saturated rings. The monoisotopic (exact) mass is 465 g/mol. The number of nitrogens with zero attached hydrogens (tertiary/aromatic N) is 5. The normalized spacial score (nSPS) is 15.4. The molecule has 1 amide bonds. The van der Waals surface area contributed by atoms with E-state index in [0.29, 0.717) is 13.1 Å². The first kappa shape index (κ1) is 21.4. The van der Waals surface area contributed by atoms with Gasteiger partial charge in [-0.1, -0.05) is 42.5 Å². The molecule has 6 rings (SSSR count). The second-order valence-corrected chi connectivity index (χ2v) is 9.04. The van der Waals surface area contributed by atoms with Gasteiger partial charge in [0, 0.05) is 43.5 Å². The van der Waals surface area contributed by atoms with Crippen LogP contribution in [-0.2, 0) is 4.79 Å². The van der Waals surface area contributed by atoms with Crippen LogP contribution in [0.5, 0.6) is 11.5 Å². The van der Waals surface area contributed by atoms with E-state index in [1.165, 1.54) is 0 Å². The molecule has 4 heterocycles. The van der Waals surface area contributed by atoms with Gasteiger partial charge in [-0.3, -0.25) is 4.79 Å². The number of para-hydroxylation sites is 2. The Bertz CT molecular complexity index is 1340. The molecule has 4 aromatic rings. The second-order valence-electron chi connectivity index (χ2n) is 9.04. The van der Waals surface area contributed by atoms with Crippen LogP contribution in [0.1, 0.15) is 28.4 Å². The fraction of sp³-hybridized carbons (Fsp3) is 0.250. The largest absolute Gasteiger partial charge is 0.457 e. The number of aryl methyl sites for hydroxylation is 1. The number of rotatable bonds is 3.